The predicted molar refractivity (Wildman–Crippen MR) is 104 cm³/mol. The summed E-state index contributed by atoms with van der Waals surface area (Å²) in [6, 6.07) is 14.4. The Bertz CT molecular complexity index is 1160. The van der Waals surface area contributed by atoms with E-state index in [1.165, 1.54) is 29.6 Å². The van der Waals surface area contributed by atoms with Crippen molar-refractivity contribution in [3.63, 3.8) is 0 Å². The highest BCUT2D eigenvalue weighted by Crippen LogP contribution is 2.38. The lowest BCUT2D eigenvalue weighted by molar-refractivity contribution is -0.0973. The molecule has 0 bridgehead atoms. The van der Waals surface area contributed by atoms with Gasteiger partial charge in [0.2, 0.25) is 5.78 Å². The molecule has 5 nitrogen and oxygen atoms in total. The highest BCUT2D eigenvalue weighted by molar-refractivity contribution is 7.12. The molecule has 0 spiro atoms. The van der Waals surface area contributed by atoms with Crippen molar-refractivity contribution < 1.29 is 27.9 Å². The number of hydrogen-bond acceptors (Lipinski definition) is 5. The number of allylic oxidation sites excluding steroid dienone is 1. The Kier molecular flexibility index (Phi) is 5.00. The van der Waals surface area contributed by atoms with E-state index in [0.29, 0.717) is 11.3 Å². The zero-order chi connectivity index (χ0) is 21.5. The first-order valence-electron chi connectivity index (χ1n) is 8.72. The van der Waals surface area contributed by atoms with Crippen LogP contribution in [0.25, 0.3) is 11.3 Å². The second-order valence-corrected chi connectivity index (χ2v) is 7.39. The molecule has 0 aliphatic carbocycles. The number of alkyl halides is 3. The van der Waals surface area contributed by atoms with Crippen LogP contribution in [0.1, 0.15) is 31.8 Å². The standard InChI is InChI=1S/C21H13F3N2O3S/c22-21(23,24)19-15(17(27)14-7-4-10-30-14)18(28)16-12(20(29)26-19)8-9-13(25-16)11-5-2-1-3-6-11/h1-10,18,28H,(H,26,29). The van der Waals surface area contributed by atoms with E-state index in [9.17, 15) is 27.9 Å². The van der Waals surface area contributed by atoms with Crippen LogP contribution < -0.4 is 5.32 Å². The van der Waals surface area contributed by atoms with E-state index in [1.807, 2.05) is 0 Å². The van der Waals surface area contributed by atoms with Gasteiger partial charge < -0.3 is 10.4 Å². The monoisotopic (exact) mass is 430 g/mol. The number of Topliss-reactive ketones (excluding diaryl/α,β-unsaturated/α-hetero) is 1. The van der Waals surface area contributed by atoms with Crippen LogP contribution in [0.5, 0.6) is 0 Å². The number of amides is 1. The number of carbonyl (C=O) groups is 2. The lowest BCUT2D eigenvalue weighted by atomic mass is 9.96. The van der Waals surface area contributed by atoms with Crippen molar-refractivity contribution in [3.8, 4) is 11.3 Å². The summed E-state index contributed by atoms with van der Waals surface area (Å²) in [5.74, 6) is -2.12. The summed E-state index contributed by atoms with van der Waals surface area (Å²) in [6.45, 7) is 0. The van der Waals surface area contributed by atoms with Gasteiger partial charge in [-0.05, 0) is 23.6 Å². The fraction of sp³-hybridized carbons (Fsp3) is 0.0952. The van der Waals surface area contributed by atoms with E-state index in [0.717, 1.165) is 11.3 Å². The molecule has 0 saturated carbocycles. The van der Waals surface area contributed by atoms with Gasteiger partial charge in [-0.1, -0.05) is 36.4 Å². The number of thiophene rings is 1. The number of hydrogen-bond donors (Lipinski definition) is 2. The maximum atomic E-state index is 13.7. The topological polar surface area (TPSA) is 79.3 Å². The number of ketones is 1. The summed E-state index contributed by atoms with van der Waals surface area (Å²) in [6.07, 6.45) is -7.11. The maximum Gasteiger partial charge on any atom is 0.431 e. The third-order valence-corrected chi connectivity index (χ3v) is 5.42. The summed E-state index contributed by atoms with van der Waals surface area (Å²) in [7, 11) is 0. The molecule has 4 rings (SSSR count). The number of nitrogens with zero attached hydrogens (tertiary/aromatic N) is 1. The molecule has 1 unspecified atom stereocenters. The molecule has 0 saturated heterocycles. The third kappa shape index (κ3) is 3.53. The molecule has 152 valence electrons. The average molecular weight is 430 g/mol. The van der Waals surface area contributed by atoms with Crippen molar-refractivity contribution in [2.45, 2.75) is 12.3 Å². The lowest BCUT2D eigenvalue weighted by Crippen LogP contribution is -2.33. The molecule has 3 aromatic rings. The molecule has 1 amide bonds. The Morgan fingerprint density at radius 3 is 2.43 bits per heavy atom. The van der Waals surface area contributed by atoms with Gasteiger partial charge in [-0.3, -0.25) is 9.59 Å². The van der Waals surface area contributed by atoms with Crippen LogP contribution in [0.3, 0.4) is 0 Å². The number of fused-ring (bicyclic) bond motifs is 1. The zero-order valence-electron chi connectivity index (χ0n) is 15.1. The predicted octanol–water partition coefficient (Wildman–Crippen LogP) is 4.29. The van der Waals surface area contributed by atoms with Crippen LogP contribution in [-0.4, -0.2) is 28.0 Å². The number of rotatable bonds is 3. The van der Waals surface area contributed by atoms with Crippen molar-refractivity contribution >= 4 is 23.0 Å². The van der Waals surface area contributed by atoms with E-state index >= 15 is 0 Å². The molecule has 0 fully saturated rings. The second-order valence-electron chi connectivity index (χ2n) is 6.44. The van der Waals surface area contributed by atoms with Crippen LogP contribution in [0, 0.1) is 0 Å². The number of nitrogens with one attached hydrogen (secondary N) is 1. The highest BCUT2D eigenvalue weighted by atomic mass is 32.1. The van der Waals surface area contributed by atoms with Crippen molar-refractivity contribution in [2.75, 3.05) is 0 Å². The van der Waals surface area contributed by atoms with E-state index in [4.69, 9.17) is 0 Å². The van der Waals surface area contributed by atoms with Gasteiger partial charge in [0.05, 0.1) is 27.4 Å². The number of benzene rings is 1. The fourth-order valence-corrected chi connectivity index (χ4v) is 3.85. The minimum atomic E-state index is -5.07. The Labute approximate surface area is 172 Å². The van der Waals surface area contributed by atoms with Crippen molar-refractivity contribution in [2.24, 2.45) is 0 Å². The van der Waals surface area contributed by atoms with Crippen LogP contribution in [0.15, 0.2) is 71.2 Å². The normalized spacial score (nSPS) is 16.7. The van der Waals surface area contributed by atoms with E-state index in [1.54, 1.807) is 35.6 Å². The zero-order valence-corrected chi connectivity index (χ0v) is 15.9. The Morgan fingerprint density at radius 2 is 1.80 bits per heavy atom. The summed E-state index contributed by atoms with van der Waals surface area (Å²) < 4.78 is 41.2. The van der Waals surface area contributed by atoms with Gasteiger partial charge in [0.15, 0.2) is 0 Å². The van der Waals surface area contributed by atoms with Crippen molar-refractivity contribution in [1.29, 1.82) is 0 Å². The maximum absolute atomic E-state index is 13.7. The van der Waals surface area contributed by atoms with Crippen molar-refractivity contribution in [1.82, 2.24) is 10.3 Å². The molecule has 0 radical (unpaired) electrons. The van der Waals surface area contributed by atoms with Gasteiger partial charge in [0.1, 0.15) is 11.8 Å². The van der Waals surface area contributed by atoms with Crippen molar-refractivity contribution in [3.05, 3.63) is 87.4 Å². The molecule has 1 aromatic carbocycles. The molecule has 3 heterocycles. The van der Waals surface area contributed by atoms with Crippen LogP contribution in [-0.2, 0) is 0 Å². The second kappa shape index (κ2) is 7.51. The quantitative estimate of drug-likeness (QED) is 0.608. The summed E-state index contributed by atoms with van der Waals surface area (Å²) >= 11 is 0.933. The number of aliphatic hydroxyl groups is 1. The molecule has 1 aliphatic heterocycles. The van der Waals surface area contributed by atoms with Gasteiger partial charge in [-0.2, -0.15) is 13.2 Å². The van der Waals surface area contributed by atoms with Gasteiger partial charge in [0.25, 0.3) is 5.91 Å². The molecule has 30 heavy (non-hydrogen) atoms. The average Bonchev–Trinajstić information content (AvgIpc) is 3.24. The fourth-order valence-electron chi connectivity index (χ4n) is 3.17. The molecular formula is C21H13F3N2O3S. The lowest BCUT2D eigenvalue weighted by Gasteiger charge is -2.18. The first-order valence-corrected chi connectivity index (χ1v) is 9.60. The summed E-state index contributed by atoms with van der Waals surface area (Å²) in [5.41, 5.74) is -2.11. The Morgan fingerprint density at radius 1 is 1.07 bits per heavy atom. The molecule has 1 aliphatic rings. The van der Waals surface area contributed by atoms with Gasteiger partial charge >= 0.3 is 6.18 Å². The molecule has 9 heteroatoms. The van der Waals surface area contributed by atoms with Gasteiger partial charge in [0, 0.05) is 5.56 Å². The Balaban J connectivity index is 1.92. The minimum absolute atomic E-state index is 0.00251. The van der Waals surface area contributed by atoms with Gasteiger partial charge in [-0.15, -0.1) is 11.3 Å². The number of halogens is 3. The highest BCUT2D eigenvalue weighted by Gasteiger charge is 2.45. The number of pyridine rings is 1. The minimum Gasteiger partial charge on any atom is -0.382 e. The molecular weight excluding hydrogens is 417 g/mol. The summed E-state index contributed by atoms with van der Waals surface area (Å²) in [5, 5.41) is 14.2. The van der Waals surface area contributed by atoms with Crippen LogP contribution in [0.4, 0.5) is 13.2 Å². The van der Waals surface area contributed by atoms with E-state index in [2.05, 4.69) is 4.98 Å². The molecule has 2 aromatic heterocycles. The number of carbonyl (C=O) groups excluding carboxylic acids is 2. The smallest absolute Gasteiger partial charge is 0.382 e. The van der Waals surface area contributed by atoms with Crippen LogP contribution >= 0.6 is 11.3 Å². The third-order valence-electron chi connectivity index (χ3n) is 4.55. The van der Waals surface area contributed by atoms with E-state index < -0.39 is 35.2 Å². The first kappa shape index (κ1) is 20.0. The largest absolute Gasteiger partial charge is 0.431 e. The Hall–Kier alpha value is -3.30. The summed E-state index contributed by atoms with van der Waals surface area (Å²) in [4.78, 5) is 29.6. The molecule has 1 atom stereocenters. The van der Waals surface area contributed by atoms with E-state index in [-0.39, 0.29) is 16.1 Å². The first-order chi connectivity index (χ1) is 14.3. The van der Waals surface area contributed by atoms with Gasteiger partial charge in [-0.25, -0.2) is 4.98 Å². The SMILES string of the molecule is O=C(C1=C(C(F)(F)F)NC(=O)c2ccc(-c3ccccc3)nc2C1O)c1cccs1. The molecule has 2 N–H and O–H groups in total. The number of aliphatic hydroxyl groups excluding tert-OH is 1. The van der Waals surface area contributed by atoms with Crippen LogP contribution in [0.2, 0.25) is 0 Å². The number of aromatic nitrogens is 1.